The average molecular weight is 440 g/mol. The van der Waals surface area contributed by atoms with Crippen molar-refractivity contribution < 1.29 is 26.7 Å². The molecule has 1 aliphatic carbocycles. The SMILES string of the molecule is FC(F)Cn1ncc2ncc(N3C[C@@H]4C(COc5cnccc5C(F)(F)F)[C@@H]4C3)nc21. The Morgan fingerprint density at radius 1 is 1.13 bits per heavy atom. The maximum absolute atomic E-state index is 13.1. The molecule has 2 fully saturated rings. The van der Waals surface area contributed by atoms with Crippen molar-refractivity contribution in [3.63, 3.8) is 0 Å². The summed E-state index contributed by atoms with van der Waals surface area (Å²) < 4.78 is 71.2. The standard InChI is InChI=1S/C19H17F5N6O/c20-16(21)8-30-18-14(3-27-30)26-5-17(28-18)29-6-10-11(7-29)12(10)9-31-15-4-25-2-1-13(15)19(22,23)24/h1-5,10-12,16H,6-9H2/t10-,11+,12?. The van der Waals surface area contributed by atoms with Crippen molar-refractivity contribution in [2.75, 3.05) is 24.6 Å². The zero-order valence-electron chi connectivity index (χ0n) is 16.0. The number of fused-ring (bicyclic) bond motifs is 2. The highest BCUT2D eigenvalue weighted by Gasteiger charge is 2.56. The topological polar surface area (TPSA) is 69.0 Å². The van der Waals surface area contributed by atoms with Gasteiger partial charge in [-0.3, -0.25) is 4.98 Å². The van der Waals surface area contributed by atoms with Crippen LogP contribution in [0.1, 0.15) is 5.56 Å². The van der Waals surface area contributed by atoms with Gasteiger partial charge in [0.25, 0.3) is 6.43 Å². The van der Waals surface area contributed by atoms with Crippen molar-refractivity contribution in [2.45, 2.75) is 19.1 Å². The predicted octanol–water partition coefficient (Wildman–Crippen LogP) is 3.27. The molecular formula is C19H17F5N6O. The van der Waals surface area contributed by atoms with Crippen LogP contribution in [0.2, 0.25) is 0 Å². The molecule has 7 nitrogen and oxygen atoms in total. The quantitative estimate of drug-likeness (QED) is 0.548. The number of rotatable bonds is 6. The number of nitrogens with zero attached hydrogens (tertiary/aromatic N) is 6. The summed E-state index contributed by atoms with van der Waals surface area (Å²) in [6.45, 7) is 0.937. The fraction of sp³-hybridized carbons (Fsp3) is 0.474. The van der Waals surface area contributed by atoms with E-state index in [1.807, 2.05) is 4.90 Å². The first kappa shape index (κ1) is 19.9. The third kappa shape index (κ3) is 3.74. The van der Waals surface area contributed by atoms with Gasteiger partial charge in [0.05, 0.1) is 25.2 Å². The van der Waals surface area contributed by atoms with Crippen molar-refractivity contribution in [3.05, 3.63) is 36.4 Å². The van der Waals surface area contributed by atoms with E-state index in [1.54, 1.807) is 6.20 Å². The minimum atomic E-state index is -4.50. The van der Waals surface area contributed by atoms with Crippen LogP contribution in [0.3, 0.4) is 0 Å². The fourth-order valence-electron chi connectivity index (χ4n) is 4.26. The molecule has 5 rings (SSSR count). The first-order valence-electron chi connectivity index (χ1n) is 9.67. The first-order chi connectivity index (χ1) is 14.8. The number of aromatic nitrogens is 5. The summed E-state index contributed by atoms with van der Waals surface area (Å²) in [5.74, 6) is 1.00. The maximum atomic E-state index is 13.1. The molecule has 0 spiro atoms. The Morgan fingerprint density at radius 3 is 2.61 bits per heavy atom. The van der Waals surface area contributed by atoms with E-state index in [0.717, 1.165) is 23.1 Å². The number of alkyl halides is 5. The monoisotopic (exact) mass is 440 g/mol. The van der Waals surface area contributed by atoms with Gasteiger partial charge in [0.1, 0.15) is 29.2 Å². The number of hydrogen-bond acceptors (Lipinski definition) is 6. The van der Waals surface area contributed by atoms with E-state index in [0.29, 0.717) is 30.1 Å². The van der Waals surface area contributed by atoms with E-state index in [4.69, 9.17) is 4.74 Å². The molecule has 0 aromatic carbocycles. The van der Waals surface area contributed by atoms with Gasteiger partial charge in [-0.25, -0.2) is 23.4 Å². The number of piperidine rings is 1. The minimum absolute atomic E-state index is 0.151. The number of anilines is 1. The predicted molar refractivity (Wildman–Crippen MR) is 98.7 cm³/mol. The summed E-state index contributed by atoms with van der Waals surface area (Å²) in [6.07, 6.45) is -1.89. The van der Waals surface area contributed by atoms with Crippen LogP contribution in [0.5, 0.6) is 5.75 Å². The molecule has 0 bridgehead atoms. The lowest BCUT2D eigenvalue weighted by Gasteiger charge is -2.21. The molecule has 1 saturated heterocycles. The largest absolute Gasteiger partial charge is 0.491 e. The highest BCUT2D eigenvalue weighted by Crippen LogP contribution is 2.52. The van der Waals surface area contributed by atoms with Crippen LogP contribution >= 0.6 is 0 Å². The van der Waals surface area contributed by atoms with Crippen LogP contribution in [0.15, 0.2) is 30.9 Å². The summed E-state index contributed by atoms with van der Waals surface area (Å²) in [5, 5.41) is 3.91. The third-order valence-corrected chi connectivity index (χ3v) is 5.86. The smallest absolute Gasteiger partial charge is 0.420 e. The molecule has 1 aliphatic heterocycles. The summed E-state index contributed by atoms with van der Waals surface area (Å²) in [6, 6.07) is 0.901. The van der Waals surface area contributed by atoms with Gasteiger partial charge in [-0.2, -0.15) is 18.3 Å². The molecule has 3 aromatic heterocycles. The second kappa shape index (κ2) is 7.27. The van der Waals surface area contributed by atoms with Crippen molar-refractivity contribution in [2.24, 2.45) is 17.8 Å². The number of halogens is 5. The van der Waals surface area contributed by atoms with Gasteiger partial charge in [-0.05, 0) is 17.9 Å². The summed E-state index contributed by atoms with van der Waals surface area (Å²) in [7, 11) is 0. The molecule has 4 heterocycles. The van der Waals surface area contributed by atoms with E-state index in [-0.39, 0.29) is 30.1 Å². The summed E-state index contributed by atoms with van der Waals surface area (Å²) >= 11 is 0. The van der Waals surface area contributed by atoms with E-state index in [2.05, 4.69) is 20.1 Å². The first-order valence-corrected chi connectivity index (χ1v) is 9.67. The van der Waals surface area contributed by atoms with Gasteiger partial charge in [0.15, 0.2) is 5.65 Å². The van der Waals surface area contributed by atoms with Crippen LogP contribution in [0.25, 0.3) is 11.2 Å². The molecule has 12 heteroatoms. The molecule has 31 heavy (non-hydrogen) atoms. The van der Waals surface area contributed by atoms with Gasteiger partial charge in [0, 0.05) is 25.2 Å². The maximum Gasteiger partial charge on any atom is 0.420 e. The molecule has 0 N–H and O–H groups in total. The molecule has 3 atom stereocenters. The highest BCUT2D eigenvalue weighted by atomic mass is 19.4. The van der Waals surface area contributed by atoms with Gasteiger partial charge in [-0.15, -0.1) is 0 Å². The number of hydrogen-bond donors (Lipinski definition) is 0. The Hall–Kier alpha value is -3.05. The number of pyridine rings is 1. The van der Waals surface area contributed by atoms with Gasteiger partial charge in [-0.1, -0.05) is 0 Å². The fourth-order valence-corrected chi connectivity index (χ4v) is 4.26. The Morgan fingerprint density at radius 2 is 1.90 bits per heavy atom. The van der Waals surface area contributed by atoms with Gasteiger partial charge in [0.2, 0.25) is 0 Å². The molecule has 2 aliphatic rings. The lowest BCUT2D eigenvalue weighted by molar-refractivity contribution is -0.139. The van der Waals surface area contributed by atoms with Crippen molar-refractivity contribution in [1.82, 2.24) is 24.7 Å². The molecule has 164 valence electrons. The Balaban J connectivity index is 1.22. The number of ether oxygens (including phenoxy) is 1. The second-order valence-corrected chi connectivity index (χ2v) is 7.73. The van der Waals surface area contributed by atoms with Crippen molar-refractivity contribution in [1.29, 1.82) is 0 Å². The Kier molecular flexibility index (Phi) is 4.67. The normalized spacial score (nSPS) is 22.9. The van der Waals surface area contributed by atoms with Crippen LogP contribution < -0.4 is 9.64 Å². The van der Waals surface area contributed by atoms with Crippen molar-refractivity contribution in [3.8, 4) is 5.75 Å². The lowest BCUT2D eigenvalue weighted by Crippen LogP contribution is -2.26. The molecule has 1 unspecified atom stereocenters. The third-order valence-electron chi connectivity index (χ3n) is 5.86. The average Bonchev–Trinajstić information content (AvgIpc) is 3.04. The molecule has 3 aromatic rings. The molecular weight excluding hydrogens is 423 g/mol. The lowest BCUT2D eigenvalue weighted by atomic mass is 10.2. The van der Waals surface area contributed by atoms with E-state index in [1.165, 1.54) is 6.20 Å². The van der Waals surface area contributed by atoms with E-state index < -0.39 is 24.7 Å². The van der Waals surface area contributed by atoms with Crippen molar-refractivity contribution >= 4 is 17.0 Å². The van der Waals surface area contributed by atoms with E-state index in [9.17, 15) is 22.0 Å². The van der Waals surface area contributed by atoms with E-state index >= 15 is 0 Å². The van der Waals surface area contributed by atoms with Crippen LogP contribution in [-0.2, 0) is 12.7 Å². The van der Waals surface area contributed by atoms with Crippen LogP contribution in [0, 0.1) is 17.8 Å². The van der Waals surface area contributed by atoms with Crippen LogP contribution in [-0.4, -0.2) is 50.9 Å². The Bertz CT molecular complexity index is 1090. The molecule has 0 radical (unpaired) electrons. The van der Waals surface area contributed by atoms with Crippen LogP contribution in [0.4, 0.5) is 27.8 Å². The summed E-state index contributed by atoms with van der Waals surface area (Å²) in [5.41, 5.74) is -0.0922. The molecule has 1 saturated carbocycles. The second-order valence-electron chi connectivity index (χ2n) is 7.73. The molecule has 0 amide bonds. The zero-order valence-corrected chi connectivity index (χ0v) is 16.0. The van der Waals surface area contributed by atoms with Gasteiger partial charge >= 0.3 is 6.18 Å². The minimum Gasteiger partial charge on any atom is -0.491 e. The summed E-state index contributed by atoms with van der Waals surface area (Å²) in [4.78, 5) is 14.4. The zero-order chi connectivity index (χ0) is 21.8. The highest BCUT2D eigenvalue weighted by molar-refractivity contribution is 5.71. The Labute approximate surface area is 172 Å². The van der Waals surface area contributed by atoms with Gasteiger partial charge < -0.3 is 9.64 Å².